The molecular formula is C23H20ClN3OS. The van der Waals surface area contributed by atoms with Crippen LogP contribution in [0.5, 0.6) is 0 Å². The van der Waals surface area contributed by atoms with Crippen molar-refractivity contribution in [3.63, 3.8) is 0 Å². The lowest BCUT2D eigenvalue weighted by molar-refractivity contribution is -0.115. The van der Waals surface area contributed by atoms with Crippen LogP contribution in [0.2, 0.25) is 5.02 Å². The lowest BCUT2D eigenvalue weighted by Gasteiger charge is -2.04. The first-order valence-corrected chi connectivity index (χ1v) is 10.4. The van der Waals surface area contributed by atoms with Crippen LogP contribution in [0.1, 0.15) is 16.8 Å². The van der Waals surface area contributed by atoms with Crippen molar-refractivity contribution in [2.45, 2.75) is 20.4 Å². The molecule has 0 radical (unpaired) electrons. The molecule has 1 N–H and O–H groups in total. The fraction of sp³-hybridized carbons (Fsp3) is 0.130. The van der Waals surface area contributed by atoms with E-state index in [-0.39, 0.29) is 5.91 Å². The Balaban J connectivity index is 1.74. The first-order valence-electron chi connectivity index (χ1n) is 9.23. The first kappa shape index (κ1) is 19.6. The van der Waals surface area contributed by atoms with Gasteiger partial charge in [-0.15, -0.1) is 6.58 Å². The zero-order chi connectivity index (χ0) is 20.5. The Morgan fingerprint density at radius 2 is 2.00 bits per heavy atom. The molecule has 29 heavy (non-hydrogen) atoms. The fourth-order valence-corrected chi connectivity index (χ4v) is 4.43. The number of para-hydroxylation sites is 1. The highest BCUT2D eigenvalue weighted by atomic mass is 35.5. The van der Waals surface area contributed by atoms with Gasteiger partial charge in [0.25, 0.3) is 5.91 Å². The molecule has 1 saturated heterocycles. The second-order valence-corrected chi connectivity index (χ2v) is 8.22. The van der Waals surface area contributed by atoms with Gasteiger partial charge < -0.3 is 9.88 Å². The molecule has 0 unspecified atom stereocenters. The largest absolute Gasteiger partial charge is 0.340 e. The third kappa shape index (κ3) is 3.63. The monoisotopic (exact) mass is 421 g/mol. The number of hydrogen-bond acceptors (Lipinski definition) is 3. The Kier molecular flexibility index (Phi) is 5.35. The van der Waals surface area contributed by atoms with Crippen LogP contribution >= 0.6 is 23.4 Å². The minimum Gasteiger partial charge on any atom is -0.340 e. The van der Waals surface area contributed by atoms with Crippen LogP contribution in [-0.2, 0) is 11.3 Å². The molecule has 1 aromatic heterocycles. The molecule has 1 aliphatic rings. The number of carbonyl (C=O) groups is 1. The number of rotatable bonds is 4. The zero-order valence-corrected chi connectivity index (χ0v) is 17.8. The molecule has 1 aliphatic heterocycles. The molecule has 3 aromatic rings. The van der Waals surface area contributed by atoms with Crippen LogP contribution in [0.4, 0.5) is 5.69 Å². The SMILES string of the molecule is C=CCn1c(C)c(C=C2SC(=Nc3cccc(Cl)c3C)NC2=O)c2ccccc21. The molecule has 2 aromatic carbocycles. The summed E-state index contributed by atoms with van der Waals surface area (Å²) in [5, 5.41) is 5.18. The van der Waals surface area contributed by atoms with Gasteiger partial charge in [0.15, 0.2) is 5.17 Å². The Hall–Kier alpha value is -2.76. The van der Waals surface area contributed by atoms with Crippen molar-refractivity contribution in [2.75, 3.05) is 0 Å². The number of aliphatic imine (C=N–C) groups is 1. The van der Waals surface area contributed by atoms with E-state index < -0.39 is 0 Å². The predicted octanol–water partition coefficient (Wildman–Crippen LogP) is 5.99. The summed E-state index contributed by atoms with van der Waals surface area (Å²) >= 11 is 7.52. The Bertz CT molecular complexity index is 1210. The van der Waals surface area contributed by atoms with Crippen molar-refractivity contribution in [1.29, 1.82) is 0 Å². The number of nitrogens with zero attached hydrogens (tertiary/aromatic N) is 2. The fourth-order valence-electron chi connectivity index (χ4n) is 3.44. The molecule has 1 amide bonds. The summed E-state index contributed by atoms with van der Waals surface area (Å²) in [5.74, 6) is -0.145. The minimum absolute atomic E-state index is 0.145. The molecular weight excluding hydrogens is 402 g/mol. The van der Waals surface area contributed by atoms with Crippen LogP contribution in [0.25, 0.3) is 17.0 Å². The number of hydrogen-bond donors (Lipinski definition) is 1. The van der Waals surface area contributed by atoms with Crippen LogP contribution in [-0.4, -0.2) is 15.6 Å². The number of thioether (sulfide) groups is 1. The number of amides is 1. The van der Waals surface area contributed by atoms with Gasteiger partial charge in [-0.2, -0.15) is 0 Å². The predicted molar refractivity (Wildman–Crippen MR) is 124 cm³/mol. The van der Waals surface area contributed by atoms with Crippen molar-refractivity contribution in [2.24, 2.45) is 4.99 Å². The number of amidine groups is 1. The number of aromatic nitrogens is 1. The van der Waals surface area contributed by atoms with Gasteiger partial charge in [-0.25, -0.2) is 4.99 Å². The molecule has 0 spiro atoms. The van der Waals surface area contributed by atoms with E-state index in [9.17, 15) is 4.79 Å². The van der Waals surface area contributed by atoms with Gasteiger partial charge in [-0.1, -0.05) is 41.9 Å². The van der Waals surface area contributed by atoms with Crippen LogP contribution in [0.15, 0.2) is 65.0 Å². The van der Waals surface area contributed by atoms with Crippen LogP contribution < -0.4 is 5.32 Å². The van der Waals surface area contributed by atoms with Crippen molar-refractivity contribution in [3.05, 3.63) is 81.9 Å². The molecule has 4 nitrogen and oxygen atoms in total. The van der Waals surface area contributed by atoms with E-state index in [4.69, 9.17) is 11.6 Å². The Morgan fingerprint density at radius 3 is 2.79 bits per heavy atom. The summed E-state index contributed by atoms with van der Waals surface area (Å²) in [6.07, 6.45) is 3.83. The maximum Gasteiger partial charge on any atom is 0.264 e. The average Bonchev–Trinajstić information content (AvgIpc) is 3.18. The van der Waals surface area contributed by atoms with E-state index in [0.717, 1.165) is 40.0 Å². The van der Waals surface area contributed by atoms with Gasteiger partial charge in [0.1, 0.15) is 0 Å². The normalized spacial score (nSPS) is 16.7. The van der Waals surface area contributed by atoms with E-state index in [1.165, 1.54) is 11.8 Å². The molecule has 2 heterocycles. The third-order valence-electron chi connectivity index (χ3n) is 4.98. The second-order valence-electron chi connectivity index (χ2n) is 6.78. The number of nitrogens with one attached hydrogen (secondary N) is 1. The zero-order valence-electron chi connectivity index (χ0n) is 16.2. The highest BCUT2D eigenvalue weighted by Crippen LogP contribution is 2.34. The summed E-state index contributed by atoms with van der Waals surface area (Å²) in [6, 6.07) is 13.8. The molecule has 1 fully saturated rings. The van der Waals surface area contributed by atoms with Gasteiger partial charge in [0.05, 0.1) is 10.6 Å². The molecule has 0 saturated carbocycles. The van der Waals surface area contributed by atoms with Gasteiger partial charge in [0, 0.05) is 33.7 Å². The van der Waals surface area contributed by atoms with Gasteiger partial charge in [-0.3, -0.25) is 4.79 Å². The van der Waals surface area contributed by atoms with Crippen LogP contribution in [0.3, 0.4) is 0 Å². The average molecular weight is 422 g/mol. The number of carbonyl (C=O) groups excluding carboxylic acids is 1. The quantitative estimate of drug-likeness (QED) is 0.415. The van der Waals surface area contributed by atoms with E-state index in [0.29, 0.717) is 15.1 Å². The molecule has 0 atom stereocenters. The minimum atomic E-state index is -0.145. The molecule has 0 aliphatic carbocycles. The molecule has 0 bridgehead atoms. The highest BCUT2D eigenvalue weighted by molar-refractivity contribution is 8.18. The van der Waals surface area contributed by atoms with Crippen molar-refractivity contribution < 1.29 is 4.79 Å². The van der Waals surface area contributed by atoms with Gasteiger partial charge in [-0.05, 0) is 55.4 Å². The number of benzene rings is 2. The summed E-state index contributed by atoms with van der Waals surface area (Å²) < 4.78 is 2.20. The van der Waals surface area contributed by atoms with Crippen LogP contribution in [0, 0.1) is 13.8 Å². The topological polar surface area (TPSA) is 46.4 Å². The van der Waals surface area contributed by atoms with Gasteiger partial charge >= 0.3 is 0 Å². The number of allylic oxidation sites excluding steroid dienone is 1. The molecule has 4 rings (SSSR count). The van der Waals surface area contributed by atoms with Crippen molar-refractivity contribution in [3.8, 4) is 0 Å². The molecule has 6 heteroatoms. The number of halogens is 1. The first-order chi connectivity index (χ1) is 14.0. The Labute approximate surface area is 179 Å². The third-order valence-corrected chi connectivity index (χ3v) is 6.30. The lowest BCUT2D eigenvalue weighted by atomic mass is 10.1. The van der Waals surface area contributed by atoms with E-state index in [1.54, 1.807) is 0 Å². The maximum absolute atomic E-state index is 12.6. The molecule has 146 valence electrons. The van der Waals surface area contributed by atoms with Crippen molar-refractivity contribution >= 4 is 57.1 Å². The second kappa shape index (κ2) is 7.93. The summed E-state index contributed by atoms with van der Waals surface area (Å²) in [7, 11) is 0. The van der Waals surface area contributed by atoms with E-state index >= 15 is 0 Å². The standard InChI is InChI=1S/C23H20ClN3OS/c1-4-12-27-15(3)17(16-8-5-6-11-20(16)27)13-21-22(28)26-23(29-21)25-19-10-7-9-18(24)14(19)2/h4-11,13H,1,12H2,2-3H3,(H,25,26,28). The summed E-state index contributed by atoms with van der Waals surface area (Å²) in [6.45, 7) is 8.56. The smallest absolute Gasteiger partial charge is 0.264 e. The summed E-state index contributed by atoms with van der Waals surface area (Å²) in [4.78, 5) is 17.8. The number of fused-ring (bicyclic) bond motifs is 1. The van der Waals surface area contributed by atoms with E-state index in [1.807, 2.05) is 49.4 Å². The van der Waals surface area contributed by atoms with Gasteiger partial charge in [0.2, 0.25) is 0 Å². The van der Waals surface area contributed by atoms with Crippen molar-refractivity contribution in [1.82, 2.24) is 9.88 Å². The maximum atomic E-state index is 12.6. The Morgan fingerprint density at radius 1 is 1.21 bits per heavy atom. The summed E-state index contributed by atoms with van der Waals surface area (Å²) in [5.41, 5.74) is 4.91. The highest BCUT2D eigenvalue weighted by Gasteiger charge is 2.25. The van der Waals surface area contributed by atoms with E-state index in [2.05, 4.69) is 40.5 Å². The lowest BCUT2D eigenvalue weighted by Crippen LogP contribution is -2.19.